The van der Waals surface area contributed by atoms with Gasteiger partial charge in [0.15, 0.2) is 6.61 Å². The molecule has 2 rings (SSSR count). The summed E-state index contributed by atoms with van der Waals surface area (Å²) in [5.74, 6) is -1.28. The molecular weight excluding hydrogens is 284 g/mol. The number of rotatable bonds is 5. The number of phenols is 1. The predicted octanol–water partition coefficient (Wildman–Crippen LogP) is 2.01. The highest BCUT2D eigenvalue weighted by Crippen LogP contribution is 2.16. The summed E-state index contributed by atoms with van der Waals surface area (Å²) in [6.07, 6.45) is 5.80. The van der Waals surface area contributed by atoms with Gasteiger partial charge in [0, 0.05) is 18.5 Å². The predicted molar refractivity (Wildman–Crippen MR) is 79.1 cm³/mol. The minimum absolute atomic E-state index is 0.116. The summed E-state index contributed by atoms with van der Waals surface area (Å²) in [6, 6.07) is 6.08. The molecule has 1 aromatic carbocycles. The lowest BCUT2D eigenvalue weighted by Crippen LogP contribution is -2.13. The number of nitrogens with zero attached hydrogens (tertiary/aromatic N) is 2. The number of Topliss-reactive ketones (excluding diaryl/α,β-unsaturated/α-hetero) is 1. The fraction of sp³-hybridized carbons (Fsp3) is 0.125. The molecule has 0 amide bonds. The molecule has 6 nitrogen and oxygen atoms in total. The number of hydrogen-bond donors (Lipinski definition) is 1. The molecule has 0 bridgehead atoms. The van der Waals surface area contributed by atoms with Crippen molar-refractivity contribution in [3.05, 3.63) is 60.2 Å². The molecule has 0 aliphatic carbocycles. The van der Waals surface area contributed by atoms with Gasteiger partial charge in [-0.05, 0) is 24.6 Å². The summed E-state index contributed by atoms with van der Waals surface area (Å²) >= 11 is 0. The number of para-hydroxylation sites is 1. The zero-order valence-electron chi connectivity index (χ0n) is 11.9. The molecule has 0 aliphatic rings. The lowest BCUT2D eigenvalue weighted by Gasteiger charge is -2.04. The maximum atomic E-state index is 11.8. The van der Waals surface area contributed by atoms with Gasteiger partial charge in [-0.15, -0.1) is 0 Å². The van der Waals surface area contributed by atoms with Gasteiger partial charge in [0.05, 0.1) is 17.5 Å². The number of benzene rings is 1. The van der Waals surface area contributed by atoms with Crippen molar-refractivity contribution < 1.29 is 19.4 Å². The van der Waals surface area contributed by atoms with E-state index in [0.29, 0.717) is 11.3 Å². The molecule has 0 unspecified atom stereocenters. The molecule has 0 saturated carbocycles. The molecule has 2 aromatic rings. The van der Waals surface area contributed by atoms with Gasteiger partial charge < -0.3 is 9.84 Å². The number of ketones is 1. The van der Waals surface area contributed by atoms with Crippen LogP contribution in [0.2, 0.25) is 0 Å². The van der Waals surface area contributed by atoms with Crippen molar-refractivity contribution in [2.75, 3.05) is 6.61 Å². The van der Waals surface area contributed by atoms with Crippen LogP contribution in [0.4, 0.5) is 0 Å². The van der Waals surface area contributed by atoms with Gasteiger partial charge in [-0.1, -0.05) is 12.1 Å². The molecule has 0 atom stereocenters. The van der Waals surface area contributed by atoms with E-state index < -0.39 is 18.4 Å². The Balaban J connectivity index is 1.96. The molecule has 112 valence electrons. The minimum atomic E-state index is -0.660. The first-order valence-corrected chi connectivity index (χ1v) is 6.50. The number of phenolic OH excluding ortho intramolecular Hbond substituents is 1. The summed E-state index contributed by atoms with van der Waals surface area (Å²) in [5.41, 5.74) is 1.24. The van der Waals surface area contributed by atoms with E-state index in [0.717, 1.165) is 0 Å². The number of allylic oxidation sites excluding steroid dienone is 1. The van der Waals surface area contributed by atoms with Crippen LogP contribution < -0.4 is 0 Å². The molecule has 22 heavy (non-hydrogen) atoms. The first kappa shape index (κ1) is 15.4. The second-order valence-electron chi connectivity index (χ2n) is 4.47. The third-order valence-electron chi connectivity index (χ3n) is 2.85. The van der Waals surface area contributed by atoms with Crippen molar-refractivity contribution in [1.29, 1.82) is 0 Å². The van der Waals surface area contributed by atoms with E-state index >= 15 is 0 Å². The number of carbonyl (C=O) groups excluding carboxylic acids is 2. The monoisotopic (exact) mass is 298 g/mol. The molecule has 1 aromatic heterocycles. The van der Waals surface area contributed by atoms with Crippen LogP contribution >= 0.6 is 0 Å². The normalized spacial score (nSPS) is 11.0. The second-order valence-corrected chi connectivity index (χ2v) is 4.47. The number of esters is 1. The van der Waals surface area contributed by atoms with Gasteiger partial charge in [0.25, 0.3) is 0 Å². The highest BCUT2D eigenvalue weighted by Gasteiger charge is 2.12. The SMILES string of the molecule is C/C(=C\C(=O)OCC(=O)c1ccccc1O)c1cnccn1. The van der Waals surface area contributed by atoms with E-state index in [4.69, 9.17) is 4.74 Å². The molecule has 1 N–H and O–H groups in total. The number of ether oxygens (including phenoxy) is 1. The Morgan fingerprint density at radius 1 is 1.27 bits per heavy atom. The van der Waals surface area contributed by atoms with Gasteiger partial charge in [-0.3, -0.25) is 14.8 Å². The molecule has 0 saturated heterocycles. The third kappa shape index (κ3) is 3.99. The smallest absolute Gasteiger partial charge is 0.331 e. The van der Waals surface area contributed by atoms with E-state index in [1.54, 1.807) is 19.1 Å². The lowest BCUT2D eigenvalue weighted by molar-refractivity contribution is -0.136. The number of hydrogen-bond acceptors (Lipinski definition) is 6. The van der Waals surface area contributed by atoms with Crippen LogP contribution in [-0.2, 0) is 9.53 Å². The van der Waals surface area contributed by atoms with Crippen molar-refractivity contribution in [3.63, 3.8) is 0 Å². The second kappa shape index (κ2) is 7.12. The summed E-state index contributed by atoms with van der Waals surface area (Å²) < 4.78 is 4.88. The molecule has 6 heteroatoms. The first-order chi connectivity index (χ1) is 10.6. The highest BCUT2D eigenvalue weighted by atomic mass is 16.5. The Hall–Kier alpha value is -3.02. The van der Waals surface area contributed by atoms with E-state index in [9.17, 15) is 14.7 Å². The Kier molecular flexibility index (Phi) is 4.98. The van der Waals surface area contributed by atoms with Crippen molar-refractivity contribution in [3.8, 4) is 5.75 Å². The average Bonchev–Trinajstić information content (AvgIpc) is 2.54. The topological polar surface area (TPSA) is 89.4 Å². The van der Waals surface area contributed by atoms with Crippen molar-refractivity contribution in [2.24, 2.45) is 0 Å². The van der Waals surface area contributed by atoms with Crippen molar-refractivity contribution >= 4 is 17.3 Å². The molecule has 0 spiro atoms. The Morgan fingerprint density at radius 2 is 2.05 bits per heavy atom. The average molecular weight is 298 g/mol. The fourth-order valence-corrected chi connectivity index (χ4v) is 1.72. The van der Waals surface area contributed by atoms with Crippen LogP contribution in [0.5, 0.6) is 5.75 Å². The van der Waals surface area contributed by atoms with E-state index in [1.165, 1.54) is 36.8 Å². The van der Waals surface area contributed by atoms with Crippen molar-refractivity contribution in [1.82, 2.24) is 9.97 Å². The summed E-state index contributed by atoms with van der Waals surface area (Å²) in [6.45, 7) is 1.25. The molecule has 0 fully saturated rings. The van der Waals surface area contributed by atoms with Crippen LogP contribution in [0.15, 0.2) is 48.9 Å². The lowest BCUT2D eigenvalue weighted by atomic mass is 10.1. The minimum Gasteiger partial charge on any atom is -0.507 e. The fourth-order valence-electron chi connectivity index (χ4n) is 1.72. The molecule has 1 heterocycles. The maximum absolute atomic E-state index is 11.8. The van der Waals surface area contributed by atoms with Crippen LogP contribution in [0.3, 0.4) is 0 Å². The van der Waals surface area contributed by atoms with Gasteiger partial charge in [-0.25, -0.2) is 4.79 Å². The van der Waals surface area contributed by atoms with E-state index in [-0.39, 0.29) is 11.3 Å². The van der Waals surface area contributed by atoms with Gasteiger partial charge in [0.1, 0.15) is 5.75 Å². The third-order valence-corrected chi connectivity index (χ3v) is 2.85. The summed E-state index contributed by atoms with van der Waals surface area (Å²) in [5, 5.41) is 9.55. The largest absolute Gasteiger partial charge is 0.507 e. The van der Waals surface area contributed by atoms with Crippen LogP contribution in [-0.4, -0.2) is 33.4 Å². The standard InChI is InChI=1S/C16H14N2O4/c1-11(13-9-17-6-7-18-13)8-16(21)22-10-15(20)12-4-2-3-5-14(12)19/h2-9,19H,10H2,1H3/b11-8+. The first-order valence-electron chi connectivity index (χ1n) is 6.50. The maximum Gasteiger partial charge on any atom is 0.331 e. The Labute approximate surface area is 127 Å². The summed E-state index contributed by atoms with van der Waals surface area (Å²) in [7, 11) is 0. The van der Waals surface area contributed by atoms with Gasteiger partial charge in [-0.2, -0.15) is 0 Å². The van der Waals surface area contributed by atoms with Gasteiger partial charge >= 0.3 is 5.97 Å². The van der Waals surface area contributed by atoms with Gasteiger partial charge in [0.2, 0.25) is 5.78 Å². The zero-order valence-corrected chi connectivity index (χ0v) is 11.9. The van der Waals surface area contributed by atoms with E-state index in [2.05, 4.69) is 9.97 Å². The van der Waals surface area contributed by atoms with Crippen LogP contribution in [0.1, 0.15) is 23.0 Å². The highest BCUT2D eigenvalue weighted by molar-refractivity contribution is 6.01. The van der Waals surface area contributed by atoms with E-state index in [1.807, 2.05) is 0 Å². The molecular formula is C16H14N2O4. The summed E-state index contributed by atoms with van der Waals surface area (Å²) in [4.78, 5) is 31.5. The Morgan fingerprint density at radius 3 is 2.73 bits per heavy atom. The quantitative estimate of drug-likeness (QED) is 0.516. The zero-order chi connectivity index (χ0) is 15.9. The van der Waals surface area contributed by atoms with Crippen LogP contribution in [0.25, 0.3) is 5.57 Å². The Bertz CT molecular complexity index is 711. The van der Waals surface area contributed by atoms with Crippen LogP contribution in [0, 0.1) is 0 Å². The number of aromatic nitrogens is 2. The number of aromatic hydroxyl groups is 1. The molecule has 0 radical (unpaired) electrons. The molecule has 0 aliphatic heterocycles. The number of carbonyl (C=O) groups is 2. The van der Waals surface area contributed by atoms with Crippen molar-refractivity contribution in [2.45, 2.75) is 6.92 Å².